The van der Waals surface area contributed by atoms with Gasteiger partial charge in [0.1, 0.15) is 34.8 Å². The number of likely N-dealkylation sites (tertiary alicyclic amines) is 1. The van der Waals surface area contributed by atoms with Crippen LogP contribution in [0, 0.1) is 5.92 Å². The molecule has 2 aliphatic rings. The molecule has 0 radical (unpaired) electrons. The number of carbonyl (C=O) groups excluding carboxylic acids is 3. The minimum absolute atomic E-state index is 0.000110. The average Bonchev–Trinajstić information content (AvgIpc) is 3.66. The van der Waals surface area contributed by atoms with E-state index in [1.165, 1.54) is 35.2 Å². The first-order valence-electron chi connectivity index (χ1n) is 16.5. The average molecular weight is 713 g/mol. The van der Waals surface area contributed by atoms with Crippen LogP contribution >= 0.6 is 0 Å². The first kappa shape index (κ1) is 35.4. The van der Waals surface area contributed by atoms with E-state index >= 15 is 0 Å². The summed E-state index contributed by atoms with van der Waals surface area (Å²) in [5.74, 6) is -0.975. The maximum Gasteiger partial charge on any atom is 0.411 e. The summed E-state index contributed by atoms with van der Waals surface area (Å²) in [7, 11) is -2.65. The van der Waals surface area contributed by atoms with Crippen molar-refractivity contribution in [3.63, 3.8) is 0 Å². The maximum absolute atomic E-state index is 14.1. The minimum Gasteiger partial charge on any atom is -0.497 e. The Morgan fingerprint density at radius 1 is 1.00 bits per heavy atom. The molecular weight excluding hydrogens is 673 g/mol. The van der Waals surface area contributed by atoms with Gasteiger partial charge >= 0.3 is 6.09 Å². The standard InChI is InChI=1S/C38H40N4O8S/c1-6-25-22-38(25,35(44)41-51(46,47)28-15-11-8-12-16-28)40-34(43)32-20-27(23-42(32)36(45)50-37(2,3)4)49-33-21-30(24-13-9-7-10-14-24)39-31-19-26(48-5)17-18-29(31)33/h6-19,21,25,27,32H,1,20,22-23H2,2-5H3,(H,40,43)(H,41,44)/t25-,27?,32+,38-/m1/s1. The third-order valence-corrected chi connectivity index (χ3v) is 10.2. The predicted octanol–water partition coefficient (Wildman–Crippen LogP) is 5.23. The zero-order valence-electron chi connectivity index (χ0n) is 28.8. The minimum atomic E-state index is -4.23. The summed E-state index contributed by atoms with van der Waals surface area (Å²) in [5, 5.41) is 3.48. The quantitative estimate of drug-likeness (QED) is 0.211. The second-order valence-corrected chi connectivity index (χ2v) is 15.3. The van der Waals surface area contributed by atoms with Crippen LogP contribution in [0.4, 0.5) is 4.79 Å². The number of hydrogen-bond donors (Lipinski definition) is 2. The fourth-order valence-corrected chi connectivity index (χ4v) is 7.26. The number of ether oxygens (including phenoxy) is 3. The van der Waals surface area contributed by atoms with Gasteiger partial charge in [0, 0.05) is 35.4 Å². The molecule has 51 heavy (non-hydrogen) atoms. The lowest BCUT2D eigenvalue weighted by Gasteiger charge is -2.29. The number of amides is 3. The molecular formula is C38H40N4O8S. The molecule has 1 unspecified atom stereocenters. The normalized spacial score (nSPS) is 21.4. The van der Waals surface area contributed by atoms with E-state index in [2.05, 4.69) is 16.6 Å². The van der Waals surface area contributed by atoms with Crippen LogP contribution in [0.2, 0.25) is 0 Å². The van der Waals surface area contributed by atoms with Gasteiger partial charge in [-0.25, -0.2) is 22.9 Å². The highest BCUT2D eigenvalue weighted by Crippen LogP contribution is 2.45. The molecule has 266 valence electrons. The predicted molar refractivity (Wildman–Crippen MR) is 190 cm³/mol. The number of pyridine rings is 1. The number of hydrogen-bond acceptors (Lipinski definition) is 9. The van der Waals surface area contributed by atoms with Gasteiger partial charge in [0.2, 0.25) is 5.91 Å². The van der Waals surface area contributed by atoms with Gasteiger partial charge in [0.15, 0.2) is 0 Å². The summed E-state index contributed by atoms with van der Waals surface area (Å²) in [6.07, 6.45) is 0.289. The summed E-state index contributed by atoms with van der Waals surface area (Å²) < 4.78 is 45.8. The number of methoxy groups -OCH3 is 1. The molecule has 12 nitrogen and oxygen atoms in total. The third kappa shape index (κ3) is 7.53. The van der Waals surface area contributed by atoms with Crippen LogP contribution in [0.5, 0.6) is 11.5 Å². The lowest BCUT2D eigenvalue weighted by Crippen LogP contribution is -2.56. The molecule has 4 aromatic rings. The lowest BCUT2D eigenvalue weighted by atomic mass is 10.1. The Hall–Kier alpha value is -5.43. The van der Waals surface area contributed by atoms with E-state index in [-0.39, 0.29) is 24.3 Å². The molecule has 1 aliphatic carbocycles. The van der Waals surface area contributed by atoms with Gasteiger partial charge in [-0.2, -0.15) is 0 Å². The van der Waals surface area contributed by atoms with Crippen molar-refractivity contribution in [1.29, 1.82) is 0 Å². The van der Waals surface area contributed by atoms with Crippen LogP contribution < -0.4 is 19.5 Å². The van der Waals surface area contributed by atoms with Gasteiger partial charge in [-0.3, -0.25) is 14.5 Å². The number of sulfonamides is 1. The van der Waals surface area contributed by atoms with Crippen molar-refractivity contribution in [2.45, 2.75) is 61.8 Å². The Kier molecular flexibility index (Phi) is 9.51. The van der Waals surface area contributed by atoms with Gasteiger partial charge in [-0.05, 0) is 51.5 Å². The van der Waals surface area contributed by atoms with Gasteiger partial charge in [-0.15, -0.1) is 6.58 Å². The van der Waals surface area contributed by atoms with Crippen molar-refractivity contribution >= 4 is 38.8 Å². The fraction of sp³-hybridized carbons (Fsp3) is 0.316. The zero-order valence-corrected chi connectivity index (χ0v) is 29.6. The van der Waals surface area contributed by atoms with E-state index in [1.54, 1.807) is 46.1 Å². The van der Waals surface area contributed by atoms with Crippen LogP contribution in [-0.2, 0) is 24.3 Å². The topological polar surface area (TPSA) is 153 Å². The molecule has 13 heteroatoms. The molecule has 0 spiro atoms. The van der Waals surface area contributed by atoms with Crippen molar-refractivity contribution in [3.05, 3.63) is 97.6 Å². The zero-order chi connectivity index (χ0) is 36.6. The summed E-state index contributed by atoms with van der Waals surface area (Å²) in [4.78, 5) is 47.2. The molecule has 1 aliphatic heterocycles. The fourth-order valence-electron chi connectivity index (χ4n) is 6.20. The van der Waals surface area contributed by atoms with Gasteiger partial charge in [-0.1, -0.05) is 54.6 Å². The Balaban J connectivity index is 1.29. The highest BCUT2D eigenvalue weighted by molar-refractivity contribution is 7.90. The Bertz CT molecular complexity index is 2090. The van der Waals surface area contributed by atoms with Crippen molar-refractivity contribution in [2.75, 3.05) is 13.7 Å². The molecule has 0 bridgehead atoms. The van der Waals surface area contributed by atoms with Gasteiger partial charge < -0.3 is 19.5 Å². The Morgan fingerprint density at radius 2 is 1.69 bits per heavy atom. The van der Waals surface area contributed by atoms with E-state index in [9.17, 15) is 22.8 Å². The Labute approximate surface area is 296 Å². The van der Waals surface area contributed by atoms with Crippen molar-refractivity contribution in [1.82, 2.24) is 19.9 Å². The molecule has 1 saturated heterocycles. The number of nitrogens with one attached hydrogen (secondary N) is 2. The number of rotatable bonds is 10. The molecule has 6 rings (SSSR count). The maximum atomic E-state index is 14.1. The van der Waals surface area contributed by atoms with Crippen LogP contribution in [-0.4, -0.2) is 73.1 Å². The van der Waals surface area contributed by atoms with Crippen LogP contribution in [0.25, 0.3) is 22.2 Å². The summed E-state index contributed by atoms with van der Waals surface area (Å²) in [5.41, 5.74) is -0.288. The molecule has 4 atom stereocenters. The molecule has 3 amide bonds. The second kappa shape index (κ2) is 13.7. The molecule has 1 saturated carbocycles. The van der Waals surface area contributed by atoms with Gasteiger partial charge in [0.05, 0.1) is 29.8 Å². The number of benzene rings is 3. The van der Waals surface area contributed by atoms with E-state index in [0.717, 1.165) is 5.56 Å². The number of fused-ring (bicyclic) bond motifs is 1. The monoisotopic (exact) mass is 712 g/mol. The SMILES string of the molecule is C=C[C@@H]1C[C@]1(NC(=O)[C@@H]1CC(Oc2cc(-c3ccccc3)nc3cc(OC)ccc23)CN1C(=O)OC(C)(C)C)C(=O)NS(=O)(=O)c1ccccc1. The third-order valence-electron chi connectivity index (χ3n) is 8.87. The van der Waals surface area contributed by atoms with Crippen LogP contribution in [0.1, 0.15) is 33.6 Å². The van der Waals surface area contributed by atoms with Crippen molar-refractivity contribution in [2.24, 2.45) is 5.92 Å². The largest absolute Gasteiger partial charge is 0.497 e. The number of carbonyl (C=O) groups is 3. The summed E-state index contributed by atoms with van der Waals surface area (Å²) >= 11 is 0. The van der Waals surface area contributed by atoms with E-state index in [1.807, 2.05) is 42.5 Å². The first-order valence-corrected chi connectivity index (χ1v) is 18.0. The smallest absolute Gasteiger partial charge is 0.411 e. The summed E-state index contributed by atoms with van der Waals surface area (Å²) in [6, 6.07) is 23.2. The lowest BCUT2D eigenvalue weighted by molar-refractivity contribution is -0.131. The second-order valence-electron chi connectivity index (χ2n) is 13.6. The molecule has 1 aromatic heterocycles. The molecule has 3 aromatic carbocycles. The van der Waals surface area contributed by atoms with E-state index in [4.69, 9.17) is 19.2 Å². The molecule has 2 heterocycles. The first-order chi connectivity index (χ1) is 24.2. The molecule has 2 N–H and O–H groups in total. The van der Waals surface area contributed by atoms with Crippen molar-refractivity contribution in [3.8, 4) is 22.8 Å². The molecule has 2 fully saturated rings. The highest BCUT2D eigenvalue weighted by Gasteiger charge is 2.61. The highest BCUT2D eigenvalue weighted by atomic mass is 32.2. The van der Waals surface area contributed by atoms with Crippen LogP contribution in [0.3, 0.4) is 0 Å². The van der Waals surface area contributed by atoms with E-state index in [0.29, 0.717) is 28.1 Å². The summed E-state index contributed by atoms with van der Waals surface area (Å²) in [6.45, 7) is 8.93. The van der Waals surface area contributed by atoms with Gasteiger partial charge in [0.25, 0.3) is 15.9 Å². The number of nitrogens with zero attached hydrogens (tertiary/aromatic N) is 2. The van der Waals surface area contributed by atoms with Crippen molar-refractivity contribution < 1.29 is 37.0 Å². The number of aromatic nitrogens is 1. The Morgan fingerprint density at radius 3 is 2.31 bits per heavy atom. The van der Waals surface area contributed by atoms with E-state index < -0.39 is 57.1 Å². The van der Waals surface area contributed by atoms with Crippen LogP contribution in [0.15, 0.2) is 102 Å².